The van der Waals surface area contributed by atoms with Crippen LogP contribution in [0.1, 0.15) is 12.5 Å². The van der Waals surface area contributed by atoms with Crippen LogP contribution in [-0.2, 0) is 14.8 Å². The summed E-state index contributed by atoms with van der Waals surface area (Å²) in [5.41, 5.74) is 1.70. The molecule has 0 unspecified atom stereocenters. The molecule has 3 rings (SSSR count). The summed E-state index contributed by atoms with van der Waals surface area (Å²) in [6, 6.07) is 17.8. The van der Waals surface area contributed by atoms with E-state index in [-0.39, 0.29) is 26.5 Å². The van der Waals surface area contributed by atoms with Crippen molar-refractivity contribution in [3.05, 3.63) is 82.3 Å². The largest absolute Gasteiger partial charge is 0.481 e. The molecular weight excluding hydrogens is 459 g/mol. The first-order valence-electron chi connectivity index (χ1n) is 9.27. The molecule has 0 aromatic heterocycles. The number of amides is 1. The number of sulfonamides is 1. The van der Waals surface area contributed by atoms with Gasteiger partial charge in [-0.15, -0.1) is 0 Å². The van der Waals surface area contributed by atoms with Crippen molar-refractivity contribution in [2.75, 3.05) is 10.0 Å². The highest BCUT2D eigenvalue weighted by Crippen LogP contribution is 2.31. The summed E-state index contributed by atoms with van der Waals surface area (Å²) in [6.45, 7) is 3.59. The molecule has 0 heterocycles. The van der Waals surface area contributed by atoms with Gasteiger partial charge in [0.2, 0.25) is 0 Å². The Bertz CT molecular complexity index is 1180. The molecule has 0 radical (unpaired) electrons. The van der Waals surface area contributed by atoms with Crippen LogP contribution >= 0.6 is 23.2 Å². The van der Waals surface area contributed by atoms with Crippen LogP contribution in [-0.4, -0.2) is 20.4 Å². The average molecular weight is 479 g/mol. The Hall–Kier alpha value is -2.74. The first kappa shape index (κ1) is 22.9. The molecule has 0 aliphatic heterocycles. The Morgan fingerprint density at radius 2 is 1.61 bits per heavy atom. The third-order valence-corrected chi connectivity index (χ3v) is 6.53. The van der Waals surface area contributed by atoms with Crippen molar-refractivity contribution in [1.82, 2.24) is 0 Å². The number of anilines is 2. The van der Waals surface area contributed by atoms with Crippen molar-refractivity contribution in [2.24, 2.45) is 0 Å². The maximum Gasteiger partial charge on any atom is 0.265 e. The van der Waals surface area contributed by atoms with Gasteiger partial charge in [0.05, 0.1) is 20.6 Å². The minimum absolute atomic E-state index is 0.00509. The van der Waals surface area contributed by atoms with Gasteiger partial charge in [-0.05, 0) is 62.4 Å². The first-order chi connectivity index (χ1) is 14.7. The number of hydrogen-bond donors (Lipinski definition) is 2. The Kier molecular flexibility index (Phi) is 7.10. The van der Waals surface area contributed by atoms with Crippen molar-refractivity contribution < 1.29 is 17.9 Å². The normalized spacial score (nSPS) is 12.1. The highest BCUT2D eigenvalue weighted by molar-refractivity contribution is 7.92. The molecule has 162 valence electrons. The second kappa shape index (κ2) is 9.60. The van der Waals surface area contributed by atoms with E-state index in [4.69, 9.17) is 27.9 Å². The summed E-state index contributed by atoms with van der Waals surface area (Å²) in [4.78, 5) is 12.4. The Balaban J connectivity index is 1.65. The number of rotatable bonds is 7. The van der Waals surface area contributed by atoms with Crippen LogP contribution in [0.25, 0.3) is 0 Å². The molecule has 3 aromatic carbocycles. The fourth-order valence-electron chi connectivity index (χ4n) is 2.62. The lowest BCUT2D eigenvalue weighted by Crippen LogP contribution is -2.30. The summed E-state index contributed by atoms with van der Waals surface area (Å²) < 4.78 is 33.3. The minimum atomic E-state index is -3.89. The maximum absolute atomic E-state index is 12.6. The predicted molar refractivity (Wildman–Crippen MR) is 124 cm³/mol. The monoisotopic (exact) mass is 478 g/mol. The molecule has 0 saturated carbocycles. The lowest BCUT2D eigenvalue weighted by molar-refractivity contribution is -0.122. The van der Waals surface area contributed by atoms with E-state index >= 15 is 0 Å². The lowest BCUT2D eigenvalue weighted by atomic mass is 10.2. The topological polar surface area (TPSA) is 84.5 Å². The van der Waals surface area contributed by atoms with Crippen molar-refractivity contribution in [2.45, 2.75) is 24.8 Å². The quantitative estimate of drug-likeness (QED) is 0.468. The molecule has 1 atom stereocenters. The van der Waals surface area contributed by atoms with Gasteiger partial charge >= 0.3 is 0 Å². The van der Waals surface area contributed by atoms with Gasteiger partial charge in [-0.3, -0.25) is 9.52 Å². The van der Waals surface area contributed by atoms with Crippen LogP contribution in [0.4, 0.5) is 11.4 Å². The van der Waals surface area contributed by atoms with E-state index in [1.165, 1.54) is 30.3 Å². The summed E-state index contributed by atoms with van der Waals surface area (Å²) in [6.07, 6.45) is -0.738. The van der Waals surface area contributed by atoms with Gasteiger partial charge in [0.1, 0.15) is 5.75 Å². The fourth-order valence-corrected chi connectivity index (χ4v) is 4.10. The van der Waals surface area contributed by atoms with Crippen molar-refractivity contribution in [1.29, 1.82) is 0 Å². The molecule has 2 N–H and O–H groups in total. The highest BCUT2D eigenvalue weighted by atomic mass is 35.5. The molecule has 6 nitrogen and oxygen atoms in total. The van der Waals surface area contributed by atoms with Crippen LogP contribution in [0.3, 0.4) is 0 Å². The zero-order chi connectivity index (χ0) is 22.6. The number of halogens is 2. The third kappa shape index (κ3) is 5.91. The van der Waals surface area contributed by atoms with E-state index in [2.05, 4.69) is 10.0 Å². The fraction of sp³-hybridized carbons (Fsp3) is 0.136. The zero-order valence-corrected chi connectivity index (χ0v) is 19.1. The number of carbonyl (C=O) groups is 1. The van der Waals surface area contributed by atoms with E-state index in [1.54, 1.807) is 31.2 Å². The number of nitrogens with one attached hydrogen (secondary N) is 2. The Morgan fingerprint density at radius 3 is 2.26 bits per heavy atom. The second-order valence-electron chi connectivity index (χ2n) is 6.79. The summed E-state index contributed by atoms with van der Waals surface area (Å²) in [5.74, 6) is 0.223. The Labute approximate surface area is 191 Å². The van der Waals surface area contributed by atoms with Crippen molar-refractivity contribution in [3.63, 3.8) is 0 Å². The zero-order valence-electron chi connectivity index (χ0n) is 16.7. The average Bonchev–Trinajstić information content (AvgIpc) is 2.73. The summed E-state index contributed by atoms with van der Waals surface area (Å²) >= 11 is 12.0. The minimum Gasteiger partial charge on any atom is -0.481 e. The number of carbonyl (C=O) groups excluding carboxylic acids is 1. The molecule has 1 amide bonds. The number of ether oxygens (including phenoxy) is 1. The van der Waals surface area contributed by atoms with E-state index in [0.29, 0.717) is 11.4 Å². The molecule has 9 heteroatoms. The van der Waals surface area contributed by atoms with Crippen molar-refractivity contribution >= 4 is 50.5 Å². The molecule has 0 bridgehead atoms. The van der Waals surface area contributed by atoms with Crippen LogP contribution in [0.2, 0.25) is 10.0 Å². The molecule has 0 spiro atoms. The molecule has 0 saturated heterocycles. The lowest BCUT2D eigenvalue weighted by Gasteiger charge is -2.15. The van der Waals surface area contributed by atoms with Gasteiger partial charge in [0, 0.05) is 5.69 Å². The van der Waals surface area contributed by atoms with Crippen LogP contribution in [0.5, 0.6) is 5.75 Å². The molecule has 0 aliphatic carbocycles. The molecule has 3 aromatic rings. The van der Waals surface area contributed by atoms with Gasteiger partial charge in [0.15, 0.2) is 6.10 Å². The third-order valence-electron chi connectivity index (χ3n) is 4.33. The van der Waals surface area contributed by atoms with E-state index in [9.17, 15) is 13.2 Å². The van der Waals surface area contributed by atoms with E-state index in [1.807, 2.05) is 19.1 Å². The van der Waals surface area contributed by atoms with Crippen molar-refractivity contribution in [3.8, 4) is 5.75 Å². The molecular formula is C22H20Cl2N2O4S. The van der Waals surface area contributed by atoms with E-state index < -0.39 is 16.1 Å². The standard InChI is InChI=1S/C22H20Cl2N2O4S/c1-14-6-10-17(11-7-14)30-15(2)22(27)25-16-8-12-18(13-9-16)31(28,29)26-20-5-3-4-19(23)21(20)24/h3-13,15,26H,1-2H3,(H,25,27)/t15-/m0/s1. The highest BCUT2D eigenvalue weighted by Gasteiger charge is 2.18. The number of hydrogen-bond acceptors (Lipinski definition) is 4. The van der Waals surface area contributed by atoms with Gasteiger partial charge < -0.3 is 10.1 Å². The smallest absolute Gasteiger partial charge is 0.265 e. The van der Waals surface area contributed by atoms with Gasteiger partial charge in [0.25, 0.3) is 15.9 Å². The predicted octanol–water partition coefficient (Wildman–Crippen LogP) is 5.51. The van der Waals surface area contributed by atoms with Gasteiger partial charge in [-0.25, -0.2) is 8.42 Å². The van der Waals surface area contributed by atoms with Crippen LogP contribution in [0, 0.1) is 6.92 Å². The second-order valence-corrected chi connectivity index (χ2v) is 9.26. The van der Waals surface area contributed by atoms with Crippen LogP contribution in [0.15, 0.2) is 71.6 Å². The molecule has 31 heavy (non-hydrogen) atoms. The first-order valence-corrected chi connectivity index (χ1v) is 11.5. The van der Waals surface area contributed by atoms with E-state index in [0.717, 1.165) is 5.56 Å². The number of aryl methyl sites for hydroxylation is 1. The van der Waals surface area contributed by atoms with Gasteiger partial charge in [-0.1, -0.05) is 47.0 Å². The molecule has 0 aliphatic rings. The maximum atomic E-state index is 12.6. The summed E-state index contributed by atoms with van der Waals surface area (Å²) in [5, 5.41) is 3.05. The molecule has 0 fully saturated rings. The Morgan fingerprint density at radius 1 is 0.968 bits per heavy atom. The van der Waals surface area contributed by atoms with Crippen LogP contribution < -0.4 is 14.8 Å². The number of benzene rings is 3. The van der Waals surface area contributed by atoms with Gasteiger partial charge in [-0.2, -0.15) is 0 Å². The SMILES string of the molecule is Cc1ccc(O[C@@H](C)C(=O)Nc2ccc(S(=O)(=O)Nc3cccc(Cl)c3Cl)cc2)cc1. The summed E-state index contributed by atoms with van der Waals surface area (Å²) in [7, 11) is -3.89.